The number of nitrogens with zero attached hydrogens (tertiary/aromatic N) is 2. The van der Waals surface area contributed by atoms with E-state index in [1.165, 1.54) is 21.6 Å². The molecule has 0 aromatic heterocycles. The molecule has 0 aliphatic carbocycles. The van der Waals surface area contributed by atoms with Gasteiger partial charge in [-0.2, -0.15) is 11.8 Å². The van der Waals surface area contributed by atoms with Gasteiger partial charge in [-0.15, -0.1) is 0 Å². The molecule has 2 aliphatic rings. The first kappa shape index (κ1) is 24.9. The maximum Gasteiger partial charge on any atom is 0.326 e. The largest absolute Gasteiger partial charge is 0.480 e. The lowest BCUT2D eigenvalue weighted by atomic mass is 10.1. The summed E-state index contributed by atoms with van der Waals surface area (Å²) in [6.45, 7) is 0.588. The predicted octanol–water partition coefficient (Wildman–Crippen LogP) is -1.51. The highest BCUT2D eigenvalue weighted by Crippen LogP contribution is 2.25. The quantitative estimate of drug-likeness (QED) is 0.306. The van der Waals surface area contributed by atoms with E-state index in [-0.39, 0.29) is 6.54 Å². The number of carbonyl (C=O) groups is 5. The van der Waals surface area contributed by atoms with Crippen LogP contribution in [0, 0.1) is 0 Å². The van der Waals surface area contributed by atoms with E-state index < -0.39 is 60.2 Å². The van der Waals surface area contributed by atoms with E-state index >= 15 is 0 Å². The van der Waals surface area contributed by atoms with E-state index in [0.717, 1.165) is 0 Å². The summed E-state index contributed by atoms with van der Waals surface area (Å²) in [5.74, 6) is -2.76. The summed E-state index contributed by atoms with van der Waals surface area (Å²) in [4.78, 5) is 64.2. The zero-order chi connectivity index (χ0) is 23.1. The average Bonchev–Trinajstić information content (AvgIpc) is 3.39. The van der Waals surface area contributed by atoms with Crippen molar-refractivity contribution in [3.8, 4) is 0 Å². The molecule has 0 aromatic carbocycles. The Morgan fingerprint density at radius 3 is 2.29 bits per heavy atom. The molecule has 174 valence electrons. The number of nitrogens with two attached hydrogens (primary N) is 2. The third-order valence-corrected chi connectivity index (χ3v) is 6.28. The second-order valence-electron chi connectivity index (χ2n) is 7.84. The van der Waals surface area contributed by atoms with E-state index in [1.54, 1.807) is 0 Å². The van der Waals surface area contributed by atoms with Crippen LogP contribution in [-0.2, 0) is 24.0 Å². The van der Waals surface area contributed by atoms with Gasteiger partial charge in [0.25, 0.3) is 0 Å². The fourth-order valence-corrected chi connectivity index (χ4v) is 4.51. The Hall–Kier alpha value is -2.34. The zero-order valence-electron chi connectivity index (χ0n) is 17.6. The lowest BCUT2D eigenvalue weighted by molar-refractivity contribution is -0.152. The van der Waals surface area contributed by atoms with Crippen LogP contribution in [0.25, 0.3) is 0 Å². The number of primary amides is 1. The molecule has 11 nitrogen and oxygen atoms in total. The van der Waals surface area contributed by atoms with Crippen LogP contribution in [0.5, 0.6) is 0 Å². The van der Waals surface area contributed by atoms with Gasteiger partial charge in [-0.3, -0.25) is 19.2 Å². The van der Waals surface area contributed by atoms with Crippen molar-refractivity contribution in [1.82, 2.24) is 15.1 Å². The van der Waals surface area contributed by atoms with Crippen molar-refractivity contribution in [3.05, 3.63) is 0 Å². The fraction of sp³-hybridized carbons (Fsp3) is 0.737. The minimum atomic E-state index is -1.23. The molecule has 0 bridgehead atoms. The van der Waals surface area contributed by atoms with Crippen molar-refractivity contribution >= 4 is 41.4 Å². The SMILES string of the molecule is CSCCC(N)C(=O)NC(CC(N)=O)C(=O)N1CCCC1C(=O)N1CCCC1C(=O)O. The first-order chi connectivity index (χ1) is 14.7. The van der Waals surface area contributed by atoms with Gasteiger partial charge < -0.3 is 31.7 Å². The molecule has 0 spiro atoms. The Bertz CT molecular complexity index is 720. The van der Waals surface area contributed by atoms with Crippen LogP contribution < -0.4 is 16.8 Å². The van der Waals surface area contributed by atoms with Crippen LogP contribution in [0.4, 0.5) is 0 Å². The molecule has 0 radical (unpaired) electrons. The van der Waals surface area contributed by atoms with Crippen LogP contribution in [0.1, 0.15) is 38.5 Å². The first-order valence-corrected chi connectivity index (χ1v) is 11.7. The van der Waals surface area contributed by atoms with Crippen molar-refractivity contribution in [2.24, 2.45) is 11.5 Å². The summed E-state index contributed by atoms with van der Waals surface area (Å²) in [6.07, 6.45) is 3.76. The highest BCUT2D eigenvalue weighted by atomic mass is 32.2. The van der Waals surface area contributed by atoms with Gasteiger partial charge in [-0.25, -0.2) is 4.79 Å². The van der Waals surface area contributed by atoms with E-state index in [0.29, 0.717) is 44.4 Å². The molecule has 2 fully saturated rings. The third-order valence-electron chi connectivity index (χ3n) is 5.63. The predicted molar refractivity (Wildman–Crippen MR) is 114 cm³/mol. The number of carbonyl (C=O) groups excluding carboxylic acids is 4. The lowest BCUT2D eigenvalue weighted by Gasteiger charge is -2.32. The van der Waals surface area contributed by atoms with Crippen LogP contribution in [0.3, 0.4) is 0 Å². The van der Waals surface area contributed by atoms with Gasteiger partial charge in [0, 0.05) is 13.1 Å². The van der Waals surface area contributed by atoms with E-state index in [1.807, 2.05) is 6.26 Å². The molecule has 12 heteroatoms. The lowest BCUT2D eigenvalue weighted by Crippen LogP contribution is -2.57. The van der Waals surface area contributed by atoms with E-state index in [9.17, 15) is 29.1 Å². The molecule has 4 amide bonds. The van der Waals surface area contributed by atoms with Gasteiger partial charge in [0.05, 0.1) is 12.5 Å². The maximum absolute atomic E-state index is 13.2. The molecule has 4 atom stereocenters. The number of carboxylic acids is 1. The molecule has 0 aromatic rings. The summed E-state index contributed by atoms with van der Waals surface area (Å²) >= 11 is 1.53. The smallest absolute Gasteiger partial charge is 0.326 e. The minimum Gasteiger partial charge on any atom is -0.480 e. The molecule has 4 unspecified atom stereocenters. The van der Waals surface area contributed by atoms with Crippen molar-refractivity contribution in [1.29, 1.82) is 0 Å². The average molecular weight is 458 g/mol. The number of aliphatic carboxylic acids is 1. The van der Waals surface area contributed by atoms with E-state index in [4.69, 9.17) is 11.5 Å². The molecular formula is C19H31N5O6S. The number of hydrogen-bond donors (Lipinski definition) is 4. The highest BCUT2D eigenvalue weighted by Gasteiger charge is 2.43. The zero-order valence-corrected chi connectivity index (χ0v) is 18.4. The topological polar surface area (TPSA) is 176 Å². The van der Waals surface area contributed by atoms with Gasteiger partial charge in [0.15, 0.2) is 0 Å². The van der Waals surface area contributed by atoms with Gasteiger partial charge in [-0.05, 0) is 44.1 Å². The van der Waals surface area contributed by atoms with Crippen LogP contribution in [0.15, 0.2) is 0 Å². The number of carboxylic acid groups (broad SMARTS) is 1. The summed E-state index contributed by atoms with van der Waals surface area (Å²) in [7, 11) is 0. The molecule has 2 heterocycles. The summed E-state index contributed by atoms with van der Waals surface area (Å²) in [6, 6.07) is -3.80. The summed E-state index contributed by atoms with van der Waals surface area (Å²) < 4.78 is 0. The van der Waals surface area contributed by atoms with Crippen molar-refractivity contribution < 1.29 is 29.1 Å². The third kappa shape index (κ3) is 6.33. The molecule has 31 heavy (non-hydrogen) atoms. The first-order valence-electron chi connectivity index (χ1n) is 10.3. The molecular weight excluding hydrogens is 426 g/mol. The number of likely N-dealkylation sites (tertiary alicyclic amines) is 2. The second kappa shape index (κ2) is 11.3. The Kier molecular flexibility index (Phi) is 9.11. The highest BCUT2D eigenvalue weighted by molar-refractivity contribution is 7.98. The minimum absolute atomic E-state index is 0.268. The van der Waals surface area contributed by atoms with Crippen LogP contribution in [-0.4, -0.2) is 93.8 Å². The number of nitrogens with one attached hydrogen (secondary N) is 1. The Morgan fingerprint density at radius 2 is 1.71 bits per heavy atom. The van der Waals surface area contributed by atoms with E-state index in [2.05, 4.69) is 5.32 Å². The Morgan fingerprint density at radius 1 is 1.10 bits per heavy atom. The number of rotatable bonds is 10. The summed E-state index contributed by atoms with van der Waals surface area (Å²) in [5.41, 5.74) is 11.1. The molecule has 2 rings (SSSR count). The van der Waals surface area contributed by atoms with Crippen molar-refractivity contribution in [2.75, 3.05) is 25.1 Å². The van der Waals surface area contributed by atoms with Gasteiger partial charge in [-0.1, -0.05) is 0 Å². The summed E-state index contributed by atoms with van der Waals surface area (Å²) in [5, 5.41) is 11.9. The molecule has 2 saturated heterocycles. The number of thioether (sulfide) groups is 1. The van der Waals surface area contributed by atoms with Crippen molar-refractivity contribution in [2.45, 2.75) is 62.7 Å². The van der Waals surface area contributed by atoms with Gasteiger partial charge in [0.2, 0.25) is 23.6 Å². The molecule has 6 N–H and O–H groups in total. The molecule has 0 saturated carbocycles. The van der Waals surface area contributed by atoms with Crippen molar-refractivity contribution in [3.63, 3.8) is 0 Å². The normalized spacial score (nSPS) is 22.8. The number of amides is 4. The maximum atomic E-state index is 13.2. The van der Waals surface area contributed by atoms with Crippen LogP contribution >= 0.6 is 11.8 Å². The van der Waals surface area contributed by atoms with Gasteiger partial charge in [0.1, 0.15) is 18.1 Å². The Labute approximate surface area is 185 Å². The Balaban J connectivity index is 2.13. The second-order valence-corrected chi connectivity index (χ2v) is 8.82. The van der Waals surface area contributed by atoms with Crippen LogP contribution in [0.2, 0.25) is 0 Å². The number of hydrogen-bond acceptors (Lipinski definition) is 7. The molecule has 2 aliphatic heterocycles. The monoisotopic (exact) mass is 457 g/mol. The van der Waals surface area contributed by atoms with Gasteiger partial charge >= 0.3 is 5.97 Å². The standard InChI is InChI=1S/C19H31N5O6S/c1-31-9-6-11(20)16(26)22-12(10-15(21)25)17(27)23-7-2-4-13(23)18(28)24-8-3-5-14(24)19(29)30/h11-14H,2-10,20H2,1H3,(H2,21,25)(H,22,26)(H,29,30). The fourth-order valence-electron chi connectivity index (χ4n) is 4.02.